The van der Waals surface area contributed by atoms with Crippen molar-refractivity contribution in [3.05, 3.63) is 28.8 Å². The molecule has 1 aromatic rings. The average Bonchev–Trinajstić information content (AvgIpc) is 2.38. The Morgan fingerprint density at radius 3 is 2.65 bits per heavy atom. The van der Waals surface area contributed by atoms with Crippen LogP contribution in [0.3, 0.4) is 0 Å². The maximum absolute atomic E-state index is 11.9. The molecular formula is C11H14ClNO6S. The zero-order valence-electron chi connectivity index (χ0n) is 10.4. The molecule has 0 amide bonds. The number of nitrogens with one attached hydrogen (secondary N) is 1. The van der Waals surface area contributed by atoms with Crippen LogP contribution in [0.15, 0.2) is 23.1 Å². The standard InChI is InChI=1S/C11H14ClNO6S/c12-10-2-1-8(7-9(10)11(15)16)20(17,18)13-3-5-19-6-4-14/h1-2,7,13-14H,3-6H2,(H,15,16). The first kappa shape index (κ1) is 16.9. The number of aromatic carboxylic acids is 1. The van der Waals surface area contributed by atoms with Crippen LogP contribution < -0.4 is 4.72 Å². The average molecular weight is 324 g/mol. The molecule has 1 aromatic carbocycles. The molecule has 0 aliphatic rings. The lowest BCUT2D eigenvalue weighted by molar-refractivity contribution is 0.0697. The third kappa shape index (κ3) is 4.73. The van der Waals surface area contributed by atoms with Crippen LogP contribution in [-0.2, 0) is 14.8 Å². The van der Waals surface area contributed by atoms with Gasteiger partial charge < -0.3 is 14.9 Å². The number of aliphatic hydroxyl groups excluding tert-OH is 1. The zero-order chi connectivity index (χ0) is 15.2. The van der Waals surface area contributed by atoms with E-state index in [2.05, 4.69) is 4.72 Å². The molecule has 1 rings (SSSR count). The predicted molar refractivity (Wildman–Crippen MR) is 71.5 cm³/mol. The summed E-state index contributed by atoms with van der Waals surface area (Å²) in [6.45, 7) is 0.0737. The Labute approximate surface area is 121 Å². The lowest BCUT2D eigenvalue weighted by Crippen LogP contribution is -2.28. The highest BCUT2D eigenvalue weighted by Gasteiger charge is 2.17. The van der Waals surface area contributed by atoms with Crippen molar-refractivity contribution in [2.75, 3.05) is 26.4 Å². The summed E-state index contributed by atoms with van der Waals surface area (Å²) in [6.07, 6.45) is 0. The van der Waals surface area contributed by atoms with E-state index in [1.54, 1.807) is 0 Å². The fourth-order valence-corrected chi connectivity index (χ4v) is 2.57. The third-order valence-electron chi connectivity index (χ3n) is 2.25. The van der Waals surface area contributed by atoms with Crippen LogP contribution >= 0.6 is 11.6 Å². The molecule has 0 spiro atoms. The molecule has 0 saturated carbocycles. The minimum Gasteiger partial charge on any atom is -0.478 e. The Hall–Kier alpha value is -1.19. The fraction of sp³-hybridized carbons (Fsp3) is 0.364. The maximum Gasteiger partial charge on any atom is 0.337 e. The first-order valence-electron chi connectivity index (χ1n) is 5.59. The van der Waals surface area contributed by atoms with Crippen LogP contribution in [-0.4, -0.2) is 51.0 Å². The molecule has 0 aliphatic carbocycles. The Bertz CT molecular complexity index is 574. The van der Waals surface area contributed by atoms with E-state index in [1.807, 2.05) is 0 Å². The molecule has 0 unspecified atom stereocenters. The number of hydrogen-bond acceptors (Lipinski definition) is 5. The van der Waals surface area contributed by atoms with Gasteiger partial charge in [-0.25, -0.2) is 17.9 Å². The highest BCUT2D eigenvalue weighted by atomic mass is 35.5. The van der Waals surface area contributed by atoms with Gasteiger partial charge >= 0.3 is 5.97 Å². The second-order valence-electron chi connectivity index (χ2n) is 3.68. The van der Waals surface area contributed by atoms with Gasteiger partial charge in [-0.1, -0.05) is 11.6 Å². The molecule has 9 heteroatoms. The smallest absolute Gasteiger partial charge is 0.337 e. The summed E-state index contributed by atoms with van der Waals surface area (Å²) < 4.78 is 31.0. The van der Waals surface area contributed by atoms with Crippen molar-refractivity contribution in [3.63, 3.8) is 0 Å². The van der Waals surface area contributed by atoms with Gasteiger partial charge in [-0.2, -0.15) is 0 Å². The molecule has 112 valence electrons. The SMILES string of the molecule is O=C(O)c1cc(S(=O)(=O)NCCOCCO)ccc1Cl. The predicted octanol–water partition coefficient (Wildman–Crippen LogP) is 0.325. The van der Waals surface area contributed by atoms with Gasteiger partial charge in [0.05, 0.1) is 35.3 Å². The Morgan fingerprint density at radius 2 is 2.05 bits per heavy atom. The largest absolute Gasteiger partial charge is 0.478 e. The van der Waals surface area contributed by atoms with Crippen molar-refractivity contribution in [2.45, 2.75) is 4.90 Å². The number of ether oxygens (including phenoxy) is 1. The van der Waals surface area contributed by atoms with E-state index in [0.29, 0.717) is 0 Å². The van der Waals surface area contributed by atoms with E-state index in [-0.39, 0.29) is 41.8 Å². The second kappa shape index (κ2) is 7.55. The van der Waals surface area contributed by atoms with Crippen LogP contribution in [0.2, 0.25) is 5.02 Å². The fourth-order valence-electron chi connectivity index (χ4n) is 1.33. The van der Waals surface area contributed by atoms with E-state index in [1.165, 1.54) is 12.1 Å². The number of aliphatic hydroxyl groups is 1. The lowest BCUT2D eigenvalue weighted by Gasteiger charge is -2.08. The van der Waals surface area contributed by atoms with Crippen molar-refractivity contribution in [1.82, 2.24) is 4.72 Å². The molecular weight excluding hydrogens is 310 g/mol. The molecule has 0 atom stereocenters. The van der Waals surface area contributed by atoms with Gasteiger partial charge in [0, 0.05) is 6.54 Å². The van der Waals surface area contributed by atoms with Crippen molar-refractivity contribution >= 4 is 27.6 Å². The van der Waals surface area contributed by atoms with Crippen LogP contribution in [0.25, 0.3) is 0 Å². The van der Waals surface area contributed by atoms with Crippen molar-refractivity contribution in [2.24, 2.45) is 0 Å². The molecule has 0 aromatic heterocycles. The minimum atomic E-state index is -3.83. The number of hydrogen-bond donors (Lipinski definition) is 3. The highest BCUT2D eigenvalue weighted by molar-refractivity contribution is 7.89. The number of rotatable bonds is 8. The number of halogens is 1. The molecule has 0 fully saturated rings. The molecule has 0 bridgehead atoms. The van der Waals surface area contributed by atoms with Crippen LogP contribution in [0.1, 0.15) is 10.4 Å². The van der Waals surface area contributed by atoms with Crippen LogP contribution in [0, 0.1) is 0 Å². The minimum absolute atomic E-state index is 0.00731. The molecule has 3 N–H and O–H groups in total. The summed E-state index contributed by atoms with van der Waals surface area (Å²) in [6, 6.07) is 3.41. The van der Waals surface area contributed by atoms with E-state index >= 15 is 0 Å². The quantitative estimate of drug-likeness (QED) is 0.594. The summed E-state index contributed by atoms with van der Waals surface area (Å²) >= 11 is 5.66. The van der Waals surface area contributed by atoms with Crippen LogP contribution in [0.4, 0.5) is 0 Å². The number of sulfonamides is 1. The van der Waals surface area contributed by atoms with Crippen molar-refractivity contribution < 1.29 is 28.2 Å². The zero-order valence-corrected chi connectivity index (χ0v) is 11.9. The Balaban J connectivity index is 2.77. The molecule has 0 saturated heterocycles. The van der Waals surface area contributed by atoms with Gasteiger partial charge in [0.15, 0.2) is 0 Å². The van der Waals surface area contributed by atoms with Gasteiger partial charge in [-0.15, -0.1) is 0 Å². The van der Waals surface area contributed by atoms with E-state index in [4.69, 9.17) is 26.6 Å². The second-order valence-corrected chi connectivity index (χ2v) is 5.85. The van der Waals surface area contributed by atoms with Gasteiger partial charge in [-0.3, -0.25) is 0 Å². The van der Waals surface area contributed by atoms with Gasteiger partial charge in [-0.05, 0) is 18.2 Å². The Kier molecular flexibility index (Phi) is 6.37. The first-order chi connectivity index (χ1) is 9.38. The van der Waals surface area contributed by atoms with E-state index in [0.717, 1.165) is 6.07 Å². The van der Waals surface area contributed by atoms with Crippen LogP contribution in [0.5, 0.6) is 0 Å². The highest BCUT2D eigenvalue weighted by Crippen LogP contribution is 2.20. The van der Waals surface area contributed by atoms with Gasteiger partial charge in [0.1, 0.15) is 0 Å². The topological polar surface area (TPSA) is 113 Å². The number of carboxylic acids is 1. The number of benzene rings is 1. The molecule has 7 nitrogen and oxygen atoms in total. The van der Waals surface area contributed by atoms with Gasteiger partial charge in [0.2, 0.25) is 10.0 Å². The third-order valence-corrected chi connectivity index (χ3v) is 4.04. The molecule has 20 heavy (non-hydrogen) atoms. The Morgan fingerprint density at radius 1 is 1.35 bits per heavy atom. The maximum atomic E-state index is 11.9. The normalized spacial score (nSPS) is 11.5. The summed E-state index contributed by atoms with van der Waals surface area (Å²) in [7, 11) is -3.83. The van der Waals surface area contributed by atoms with E-state index in [9.17, 15) is 13.2 Å². The first-order valence-corrected chi connectivity index (χ1v) is 7.45. The van der Waals surface area contributed by atoms with E-state index < -0.39 is 16.0 Å². The summed E-state index contributed by atoms with van der Waals surface area (Å²) in [5.41, 5.74) is -0.286. The molecule has 0 radical (unpaired) electrons. The van der Waals surface area contributed by atoms with Crippen molar-refractivity contribution in [3.8, 4) is 0 Å². The van der Waals surface area contributed by atoms with Gasteiger partial charge in [0.25, 0.3) is 0 Å². The monoisotopic (exact) mass is 323 g/mol. The molecule has 0 aliphatic heterocycles. The molecule has 0 heterocycles. The number of carboxylic acid groups (broad SMARTS) is 1. The number of carbonyl (C=O) groups is 1. The van der Waals surface area contributed by atoms with Crippen molar-refractivity contribution in [1.29, 1.82) is 0 Å². The lowest BCUT2D eigenvalue weighted by atomic mass is 10.2. The summed E-state index contributed by atoms with van der Waals surface area (Å²) in [5.74, 6) is -1.31. The summed E-state index contributed by atoms with van der Waals surface area (Å²) in [5, 5.41) is 17.3. The summed E-state index contributed by atoms with van der Waals surface area (Å²) in [4.78, 5) is 10.7.